The largest absolute Gasteiger partial charge is 0.346 e. The van der Waals surface area contributed by atoms with E-state index in [4.69, 9.17) is 23.2 Å². The summed E-state index contributed by atoms with van der Waals surface area (Å²) < 4.78 is 0. The van der Waals surface area contributed by atoms with Crippen LogP contribution in [0.15, 0.2) is 42.7 Å². The number of H-pyrrole nitrogens is 1. The van der Waals surface area contributed by atoms with Crippen molar-refractivity contribution in [3.63, 3.8) is 0 Å². The Balaban J connectivity index is 2.07. The van der Waals surface area contributed by atoms with Gasteiger partial charge in [-0.25, -0.2) is 4.98 Å². The maximum atomic E-state index is 6.19. The zero-order chi connectivity index (χ0) is 12.5. The minimum Gasteiger partial charge on any atom is -0.346 e. The number of hydrogen-bond donors (Lipinski definition) is 1. The van der Waals surface area contributed by atoms with Crippen LogP contribution in [-0.2, 0) is 6.42 Å². The molecule has 3 rings (SSSR count). The molecule has 0 saturated heterocycles. The molecule has 0 saturated carbocycles. The van der Waals surface area contributed by atoms with E-state index in [-0.39, 0.29) is 0 Å². The van der Waals surface area contributed by atoms with Crippen molar-refractivity contribution < 1.29 is 0 Å². The molecule has 2 nitrogen and oxygen atoms in total. The summed E-state index contributed by atoms with van der Waals surface area (Å²) in [6.45, 7) is 0. The number of pyridine rings is 1. The predicted molar refractivity (Wildman–Crippen MR) is 75.4 cm³/mol. The van der Waals surface area contributed by atoms with Crippen molar-refractivity contribution >= 4 is 34.2 Å². The van der Waals surface area contributed by atoms with Crippen LogP contribution in [0.5, 0.6) is 0 Å². The summed E-state index contributed by atoms with van der Waals surface area (Å²) in [6, 6.07) is 9.53. The molecular formula is C14H10Cl2N2. The van der Waals surface area contributed by atoms with Gasteiger partial charge in [0, 0.05) is 34.2 Å². The van der Waals surface area contributed by atoms with Crippen molar-refractivity contribution in [3.8, 4) is 0 Å². The zero-order valence-electron chi connectivity index (χ0n) is 9.45. The highest BCUT2D eigenvalue weighted by molar-refractivity contribution is 6.36. The number of fused-ring (bicyclic) bond motifs is 1. The van der Waals surface area contributed by atoms with Gasteiger partial charge in [0.25, 0.3) is 0 Å². The van der Waals surface area contributed by atoms with Gasteiger partial charge < -0.3 is 4.98 Å². The Kier molecular flexibility index (Phi) is 2.98. The second-order valence-electron chi connectivity index (χ2n) is 4.09. The first-order valence-electron chi connectivity index (χ1n) is 5.59. The fraction of sp³-hybridized carbons (Fsp3) is 0.0714. The first-order valence-corrected chi connectivity index (χ1v) is 6.35. The average molecular weight is 277 g/mol. The van der Waals surface area contributed by atoms with Gasteiger partial charge in [0.05, 0.1) is 0 Å². The number of aromatic nitrogens is 2. The van der Waals surface area contributed by atoms with E-state index in [9.17, 15) is 0 Å². The second-order valence-corrected chi connectivity index (χ2v) is 4.90. The molecule has 0 aliphatic heterocycles. The molecule has 0 fully saturated rings. The lowest BCUT2D eigenvalue weighted by Crippen LogP contribution is -1.89. The topological polar surface area (TPSA) is 28.7 Å². The maximum Gasteiger partial charge on any atom is 0.137 e. The lowest BCUT2D eigenvalue weighted by atomic mass is 10.1. The van der Waals surface area contributed by atoms with Gasteiger partial charge in [0.2, 0.25) is 0 Å². The highest BCUT2D eigenvalue weighted by Gasteiger charge is 2.10. The lowest BCUT2D eigenvalue weighted by Gasteiger charge is -2.05. The molecule has 18 heavy (non-hydrogen) atoms. The highest BCUT2D eigenvalue weighted by atomic mass is 35.5. The van der Waals surface area contributed by atoms with E-state index in [1.165, 1.54) is 0 Å². The number of rotatable bonds is 2. The van der Waals surface area contributed by atoms with E-state index < -0.39 is 0 Å². The fourth-order valence-corrected chi connectivity index (χ4v) is 2.58. The molecule has 3 aromatic rings. The number of benzene rings is 1. The van der Waals surface area contributed by atoms with Crippen LogP contribution in [0.25, 0.3) is 11.0 Å². The number of aromatic amines is 1. The quantitative estimate of drug-likeness (QED) is 0.736. The molecule has 1 aromatic carbocycles. The maximum absolute atomic E-state index is 6.19. The van der Waals surface area contributed by atoms with Crippen LogP contribution >= 0.6 is 23.2 Å². The van der Waals surface area contributed by atoms with Gasteiger partial charge in [-0.3, -0.25) is 0 Å². The molecule has 4 heteroatoms. The highest BCUT2D eigenvalue weighted by Crippen LogP contribution is 2.28. The number of halogens is 2. The van der Waals surface area contributed by atoms with E-state index in [2.05, 4.69) is 9.97 Å². The van der Waals surface area contributed by atoms with E-state index in [1.807, 2.05) is 36.5 Å². The third-order valence-corrected chi connectivity index (χ3v) is 3.67. The molecule has 0 radical (unpaired) electrons. The van der Waals surface area contributed by atoms with Crippen LogP contribution in [0, 0.1) is 0 Å². The molecule has 90 valence electrons. The van der Waals surface area contributed by atoms with Gasteiger partial charge in [-0.15, -0.1) is 0 Å². The van der Waals surface area contributed by atoms with Crippen LogP contribution in [0.4, 0.5) is 0 Å². The lowest BCUT2D eigenvalue weighted by molar-refractivity contribution is 1.21. The van der Waals surface area contributed by atoms with Gasteiger partial charge in [-0.05, 0) is 35.4 Å². The third kappa shape index (κ3) is 1.98. The Morgan fingerprint density at radius 2 is 1.83 bits per heavy atom. The summed E-state index contributed by atoms with van der Waals surface area (Å²) in [5.41, 5.74) is 2.98. The van der Waals surface area contributed by atoms with Crippen LogP contribution < -0.4 is 0 Å². The third-order valence-electron chi connectivity index (χ3n) is 2.97. The molecule has 1 N–H and O–H groups in total. The van der Waals surface area contributed by atoms with Gasteiger partial charge in [0.15, 0.2) is 0 Å². The minimum absolute atomic E-state index is 0.695. The van der Waals surface area contributed by atoms with Gasteiger partial charge in [-0.1, -0.05) is 29.3 Å². The first kappa shape index (κ1) is 11.6. The Morgan fingerprint density at radius 1 is 1.06 bits per heavy atom. The number of nitrogens with one attached hydrogen (secondary N) is 1. The summed E-state index contributed by atoms with van der Waals surface area (Å²) >= 11 is 12.4. The zero-order valence-corrected chi connectivity index (χ0v) is 11.0. The molecule has 0 aliphatic carbocycles. The van der Waals surface area contributed by atoms with Crippen LogP contribution in [0.2, 0.25) is 10.0 Å². The molecule has 0 atom stereocenters. The first-order chi connectivity index (χ1) is 8.75. The summed E-state index contributed by atoms with van der Waals surface area (Å²) in [6.07, 6.45) is 4.42. The average Bonchev–Trinajstić information content (AvgIpc) is 2.77. The van der Waals surface area contributed by atoms with Gasteiger partial charge in [-0.2, -0.15) is 0 Å². The van der Waals surface area contributed by atoms with Crippen LogP contribution in [-0.4, -0.2) is 9.97 Å². The molecule has 2 heterocycles. The summed E-state index contributed by atoms with van der Waals surface area (Å²) in [5.74, 6) is 0. The summed E-state index contributed by atoms with van der Waals surface area (Å²) in [4.78, 5) is 7.42. The van der Waals surface area contributed by atoms with E-state index in [0.717, 1.165) is 22.2 Å². The molecule has 0 aliphatic rings. The van der Waals surface area contributed by atoms with Crippen LogP contribution in [0.1, 0.15) is 11.1 Å². The van der Waals surface area contributed by atoms with Crippen molar-refractivity contribution in [3.05, 3.63) is 63.9 Å². The molecular weight excluding hydrogens is 267 g/mol. The Morgan fingerprint density at radius 3 is 2.61 bits per heavy atom. The van der Waals surface area contributed by atoms with Gasteiger partial charge in [0.1, 0.15) is 5.65 Å². The SMILES string of the molecule is Clc1cccc(Cl)c1Cc1c[nH]c2ncccc12. The summed E-state index contributed by atoms with van der Waals surface area (Å²) in [5, 5.41) is 2.50. The molecule has 0 amide bonds. The second kappa shape index (κ2) is 4.63. The van der Waals surface area contributed by atoms with Crippen molar-refractivity contribution in [1.29, 1.82) is 0 Å². The van der Waals surface area contributed by atoms with Gasteiger partial charge >= 0.3 is 0 Å². The Hall–Kier alpha value is -1.51. The smallest absolute Gasteiger partial charge is 0.137 e. The monoisotopic (exact) mass is 276 g/mol. The van der Waals surface area contributed by atoms with E-state index in [0.29, 0.717) is 16.5 Å². The van der Waals surface area contributed by atoms with Crippen molar-refractivity contribution in [2.24, 2.45) is 0 Å². The molecule has 0 bridgehead atoms. The minimum atomic E-state index is 0.695. The van der Waals surface area contributed by atoms with E-state index >= 15 is 0 Å². The molecule has 0 unspecified atom stereocenters. The predicted octanol–water partition coefficient (Wildman–Crippen LogP) is 4.46. The Labute approximate surface area is 115 Å². The van der Waals surface area contributed by atoms with Crippen molar-refractivity contribution in [1.82, 2.24) is 9.97 Å². The number of hydrogen-bond acceptors (Lipinski definition) is 1. The molecule has 2 aromatic heterocycles. The van der Waals surface area contributed by atoms with E-state index in [1.54, 1.807) is 6.20 Å². The Bertz CT molecular complexity index is 684. The standard InChI is InChI=1S/C14H10Cl2N2/c15-12-4-1-5-13(16)11(12)7-9-8-18-14-10(9)3-2-6-17-14/h1-6,8H,7H2,(H,17,18). The fourth-order valence-electron chi connectivity index (χ4n) is 2.05. The number of nitrogens with zero attached hydrogens (tertiary/aromatic N) is 1. The van der Waals surface area contributed by atoms with Crippen molar-refractivity contribution in [2.45, 2.75) is 6.42 Å². The molecule has 0 spiro atoms. The summed E-state index contributed by atoms with van der Waals surface area (Å²) in [7, 11) is 0. The van der Waals surface area contributed by atoms with Crippen LogP contribution in [0.3, 0.4) is 0 Å². The normalized spacial score (nSPS) is 11.0. The van der Waals surface area contributed by atoms with Crippen molar-refractivity contribution in [2.75, 3.05) is 0 Å².